The molecule has 1 fully saturated rings. The highest BCUT2D eigenvalue weighted by Crippen LogP contribution is 2.26. The van der Waals surface area contributed by atoms with Crippen LogP contribution in [-0.4, -0.2) is 30.4 Å². The molecule has 122 valence electrons. The third-order valence-corrected chi connectivity index (χ3v) is 5.51. The van der Waals surface area contributed by atoms with Crippen molar-refractivity contribution in [2.24, 2.45) is 5.92 Å². The van der Waals surface area contributed by atoms with E-state index in [1.54, 1.807) is 0 Å². The van der Waals surface area contributed by atoms with Gasteiger partial charge in [-0.05, 0) is 48.9 Å². The number of thiophene rings is 1. The maximum Gasteiger partial charge on any atom is 0.261 e. The molecule has 3 rings (SSSR count). The summed E-state index contributed by atoms with van der Waals surface area (Å²) in [6.45, 7) is 5.20. The van der Waals surface area contributed by atoms with Gasteiger partial charge in [0.25, 0.3) is 5.91 Å². The van der Waals surface area contributed by atoms with Gasteiger partial charge < -0.3 is 5.32 Å². The summed E-state index contributed by atoms with van der Waals surface area (Å²) in [5, 5.41) is 5.06. The summed E-state index contributed by atoms with van der Waals surface area (Å²) in [6, 6.07) is 14.6. The fraction of sp³-hybridized carbons (Fsp3) is 0.421. The number of rotatable bonds is 5. The van der Waals surface area contributed by atoms with Gasteiger partial charge in [-0.1, -0.05) is 43.3 Å². The molecule has 1 aliphatic heterocycles. The molecular weight excluding hydrogens is 304 g/mol. The number of amides is 1. The summed E-state index contributed by atoms with van der Waals surface area (Å²) >= 11 is 1.49. The number of nitrogens with one attached hydrogen (secondary N) is 1. The number of piperidine rings is 1. The molecule has 0 aliphatic carbocycles. The lowest BCUT2D eigenvalue weighted by Crippen LogP contribution is -2.41. The van der Waals surface area contributed by atoms with E-state index in [0.29, 0.717) is 6.54 Å². The molecule has 1 atom stereocenters. The third kappa shape index (κ3) is 4.21. The Morgan fingerprint density at radius 2 is 1.96 bits per heavy atom. The first-order valence-electron chi connectivity index (χ1n) is 8.34. The topological polar surface area (TPSA) is 32.3 Å². The minimum absolute atomic E-state index is 0.0336. The maximum absolute atomic E-state index is 12.3. The first-order valence-corrected chi connectivity index (χ1v) is 9.22. The molecule has 4 heteroatoms. The summed E-state index contributed by atoms with van der Waals surface area (Å²) in [7, 11) is 0. The van der Waals surface area contributed by atoms with Crippen LogP contribution >= 0.6 is 11.3 Å². The molecule has 1 aromatic heterocycles. The Morgan fingerprint density at radius 3 is 2.61 bits per heavy atom. The van der Waals surface area contributed by atoms with Crippen molar-refractivity contribution in [2.45, 2.75) is 25.8 Å². The van der Waals surface area contributed by atoms with Crippen LogP contribution in [0.1, 0.15) is 41.0 Å². The van der Waals surface area contributed by atoms with E-state index in [-0.39, 0.29) is 11.9 Å². The van der Waals surface area contributed by atoms with E-state index >= 15 is 0 Å². The second-order valence-electron chi connectivity index (χ2n) is 6.33. The molecule has 0 saturated carbocycles. The van der Waals surface area contributed by atoms with Crippen molar-refractivity contribution >= 4 is 17.2 Å². The first-order chi connectivity index (χ1) is 11.2. The van der Waals surface area contributed by atoms with E-state index < -0.39 is 0 Å². The van der Waals surface area contributed by atoms with Gasteiger partial charge in [0.2, 0.25) is 0 Å². The van der Waals surface area contributed by atoms with Crippen LogP contribution in [0.3, 0.4) is 0 Å². The van der Waals surface area contributed by atoms with Crippen LogP contribution in [0, 0.1) is 5.92 Å². The van der Waals surface area contributed by atoms with Gasteiger partial charge in [-0.15, -0.1) is 11.3 Å². The molecule has 1 amide bonds. The number of likely N-dealkylation sites (tertiary alicyclic amines) is 1. The Morgan fingerprint density at radius 1 is 1.22 bits per heavy atom. The molecule has 1 saturated heterocycles. The Hall–Kier alpha value is -1.65. The van der Waals surface area contributed by atoms with Crippen molar-refractivity contribution < 1.29 is 4.79 Å². The Bertz CT molecular complexity index is 604. The van der Waals surface area contributed by atoms with Gasteiger partial charge in [0.05, 0.1) is 10.9 Å². The fourth-order valence-corrected chi connectivity index (χ4v) is 3.80. The van der Waals surface area contributed by atoms with Crippen molar-refractivity contribution in [3.8, 4) is 0 Å². The van der Waals surface area contributed by atoms with Crippen LogP contribution in [-0.2, 0) is 0 Å². The Kier molecular flexibility index (Phi) is 5.47. The number of hydrogen-bond donors (Lipinski definition) is 1. The van der Waals surface area contributed by atoms with Crippen LogP contribution in [0.4, 0.5) is 0 Å². The number of carbonyl (C=O) groups is 1. The summed E-state index contributed by atoms with van der Waals surface area (Å²) in [5.74, 6) is 0.842. The monoisotopic (exact) mass is 328 g/mol. The lowest BCUT2D eigenvalue weighted by Gasteiger charge is -2.37. The number of carbonyl (C=O) groups excluding carboxylic acids is 1. The smallest absolute Gasteiger partial charge is 0.261 e. The minimum Gasteiger partial charge on any atom is -0.349 e. The highest BCUT2D eigenvalue weighted by Gasteiger charge is 2.25. The molecule has 2 aromatic rings. The Balaban J connectivity index is 1.69. The number of nitrogens with zero attached hydrogens (tertiary/aromatic N) is 1. The second-order valence-corrected chi connectivity index (χ2v) is 7.28. The third-order valence-electron chi connectivity index (χ3n) is 4.64. The molecule has 1 unspecified atom stereocenters. The molecule has 1 aromatic carbocycles. The number of benzene rings is 1. The van der Waals surface area contributed by atoms with Crippen LogP contribution < -0.4 is 5.32 Å². The molecular formula is C19H24N2OS. The predicted octanol–water partition coefficient (Wildman–Crippen LogP) is 3.95. The van der Waals surface area contributed by atoms with Gasteiger partial charge in [-0.3, -0.25) is 9.69 Å². The highest BCUT2D eigenvalue weighted by molar-refractivity contribution is 7.12. The lowest BCUT2D eigenvalue weighted by atomic mass is 9.95. The predicted molar refractivity (Wildman–Crippen MR) is 95.8 cm³/mol. The van der Waals surface area contributed by atoms with E-state index in [4.69, 9.17) is 0 Å². The average Bonchev–Trinajstić information content (AvgIpc) is 3.12. The van der Waals surface area contributed by atoms with Crippen LogP contribution in [0.25, 0.3) is 0 Å². The summed E-state index contributed by atoms with van der Waals surface area (Å²) in [4.78, 5) is 15.6. The number of hydrogen-bond acceptors (Lipinski definition) is 3. The summed E-state index contributed by atoms with van der Waals surface area (Å²) in [5.41, 5.74) is 1.29. The zero-order valence-electron chi connectivity index (χ0n) is 13.6. The largest absolute Gasteiger partial charge is 0.349 e. The fourth-order valence-electron chi connectivity index (χ4n) is 3.16. The van der Waals surface area contributed by atoms with Crippen molar-refractivity contribution in [2.75, 3.05) is 19.6 Å². The molecule has 0 bridgehead atoms. The zero-order chi connectivity index (χ0) is 16.1. The van der Waals surface area contributed by atoms with Crippen LogP contribution in [0.2, 0.25) is 0 Å². The standard InChI is InChI=1S/C19H24N2OS/c1-15-9-11-21(12-10-15)17(16-6-3-2-4-7-16)14-20-19(22)18-8-5-13-23-18/h2-8,13,15,17H,9-12,14H2,1H3,(H,20,22). The van der Waals surface area contributed by atoms with Crippen molar-refractivity contribution in [1.82, 2.24) is 10.2 Å². The van der Waals surface area contributed by atoms with Crippen molar-refractivity contribution in [3.63, 3.8) is 0 Å². The van der Waals surface area contributed by atoms with E-state index in [2.05, 4.69) is 41.4 Å². The van der Waals surface area contributed by atoms with Crippen molar-refractivity contribution in [1.29, 1.82) is 0 Å². The molecule has 2 heterocycles. The highest BCUT2D eigenvalue weighted by atomic mass is 32.1. The average molecular weight is 328 g/mol. The maximum atomic E-state index is 12.3. The molecule has 1 aliphatic rings. The van der Waals surface area contributed by atoms with Crippen molar-refractivity contribution in [3.05, 3.63) is 58.3 Å². The van der Waals surface area contributed by atoms with E-state index in [1.165, 1.54) is 29.7 Å². The summed E-state index contributed by atoms with van der Waals surface area (Å²) < 4.78 is 0. The quantitative estimate of drug-likeness (QED) is 0.901. The molecule has 0 radical (unpaired) electrons. The molecule has 1 N–H and O–H groups in total. The minimum atomic E-state index is 0.0336. The second kappa shape index (κ2) is 7.75. The van der Waals surface area contributed by atoms with Gasteiger partial charge in [0, 0.05) is 6.54 Å². The van der Waals surface area contributed by atoms with E-state index in [1.807, 2.05) is 23.6 Å². The van der Waals surface area contributed by atoms with Gasteiger partial charge in [0.15, 0.2) is 0 Å². The van der Waals surface area contributed by atoms with E-state index in [0.717, 1.165) is 23.9 Å². The van der Waals surface area contributed by atoms with Crippen LogP contribution in [0.5, 0.6) is 0 Å². The van der Waals surface area contributed by atoms with Gasteiger partial charge in [-0.2, -0.15) is 0 Å². The van der Waals surface area contributed by atoms with Gasteiger partial charge in [-0.25, -0.2) is 0 Å². The Labute approximate surface area is 142 Å². The van der Waals surface area contributed by atoms with E-state index in [9.17, 15) is 4.79 Å². The van der Waals surface area contributed by atoms with Gasteiger partial charge in [0.1, 0.15) is 0 Å². The normalized spacial score (nSPS) is 17.8. The molecule has 23 heavy (non-hydrogen) atoms. The first kappa shape index (κ1) is 16.2. The zero-order valence-corrected chi connectivity index (χ0v) is 14.4. The van der Waals surface area contributed by atoms with Gasteiger partial charge >= 0.3 is 0 Å². The SMILES string of the molecule is CC1CCN(C(CNC(=O)c2cccs2)c2ccccc2)CC1. The lowest BCUT2D eigenvalue weighted by molar-refractivity contribution is 0.0917. The van der Waals surface area contributed by atoms with Crippen LogP contribution in [0.15, 0.2) is 47.8 Å². The molecule has 0 spiro atoms. The molecule has 3 nitrogen and oxygen atoms in total. The summed E-state index contributed by atoms with van der Waals surface area (Å²) in [6.07, 6.45) is 2.48.